The molecule has 0 bridgehead atoms. The van der Waals surface area contributed by atoms with Crippen molar-refractivity contribution in [3.05, 3.63) is 82.6 Å². The maximum absolute atomic E-state index is 5.67. The summed E-state index contributed by atoms with van der Waals surface area (Å²) >= 11 is 3.55. The van der Waals surface area contributed by atoms with Gasteiger partial charge in [0, 0.05) is 54.4 Å². The van der Waals surface area contributed by atoms with E-state index in [1.807, 2.05) is 18.5 Å². The summed E-state index contributed by atoms with van der Waals surface area (Å²) in [6.45, 7) is 2.42. The van der Waals surface area contributed by atoms with Crippen LogP contribution in [0.3, 0.4) is 0 Å². The molecule has 1 saturated heterocycles. The number of rotatable bonds is 6. The fraction of sp³-hybridized carbons (Fsp3) is 0.333. The van der Waals surface area contributed by atoms with Gasteiger partial charge in [-0.25, -0.2) is 4.98 Å². The first-order valence-corrected chi connectivity index (χ1v) is 10.0. The largest absolute Gasteiger partial charge is 0.381 e. The third kappa shape index (κ3) is 4.13. The number of pyridine rings is 1. The molecule has 4 rings (SSSR count). The summed E-state index contributed by atoms with van der Waals surface area (Å²) in [6.07, 6.45) is 9.35. The summed E-state index contributed by atoms with van der Waals surface area (Å²) in [7, 11) is 0. The standard InChI is InChI=1S/C21H23BrN4O/c22-18-5-3-17(4-6-18)21(7-12-27-13-8-21)15-26-19(20-24-10-11-25-20)16-2-1-9-23-14-16/h1-6,9-11,14,19,26H,7-8,12-13,15H2,(H,24,25). The van der Waals surface area contributed by atoms with Crippen molar-refractivity contribution in [3.63, 3.8) is 0 Å². The molecule has 1 fully saturated rings. The second kappa shape index (κ2) is 8.33. The lowest BCUT2D eigenvalue weighted by atomic mass is 9.74. The molecule has 2 N–H and O–H groups in total. The molecule has 1 aliphatic rings. The number of aromatic amines is 1. The number of ether oxygens (including phenoxy) is 1. The number of hydrogen-bond acceptors (Lipinski definition) is 4. The van der Waals surface area contributed by atoms with Crippen molar-refractivity contribution in [2.24, 2.45) is 0 Å². The van der Waals surface area contributed by atoms with Crippen molar-refractivity contribution >= 4 is 15.9 Å². The fourth-order valence-corrected chi connectivity index (χ4v) is 4.05. The first-order chi connectivity index (χ1) is 13.3. The van der Waals surface area contributed by atoms with Crippen molar-refractivity contribution < 1.29 is 4.74 Å². The first kappa shape index (κ1) is 18.3. The summed E-state index contributed by atoms with van der Waals surface area (Å²) < 4.78 is 6.77. The van der Waals surface area contributed by atoms with Crippen LogP contribution in [0, 0.1) is 0 Å². The summed E-state index contributed by atoms with van der Waals surface area (Å²) in [6, 6.07) is 12.7. The predicted octanol–water partition coefficient (Wildman–Crippen LogP) is 3.99. The van der Waals surface area contributed by atoms with Crippen LogP contribution in [0.1, 0.15) is 35.8 Å². The zero-order chi connectivity index (χ0) is 18.5. The second-order valence-electron chi connectivity index (χ2n) is 6.97. The van der Waals surface area contributed by atoms with Gasteiger partial charge >= 0.3 is 0 Å². The Hall–Kier alpha value is -2.02. The monoisotopic (exact) mass is 426 g/mol. The van der Waals surface area contributed by atoms with Crippen LogP contribution in [-0.4, -0.2) is 34.7 Å². The predicted molar refractivity (Wildman–Crippen MR) is 109 cm³/mol. The Balaban J connectivity index is 1.61. The molecule has 5 nitrogen and oxygen atoms in total. The van der Waals surface area contributed by atoms with Crippen LogP contribution in [0.25, 0.3) is 0 Å². The van der Waals surface area contributed by atoms with Crippen LogP contribution in [0.15, 0.2) is 65.7 Å². The minimum atomic E-state index is -0.0242. The SMILES string of the molecule is Brc1ccc(C2(CNC(c3cccnc3)c3ncc[nH]3)CCOCC2)cc1. The molecule has 140 valence electrons. The minimum Gasteiger partial charge on any atom is -0.381 e. The number of H-pyrrole nitrogens is 1. The first-order valence-electron chi connectivity index (χ1n) is 9.23. The Morgan fingerprint density at radius 1 is 1.15 bits per heavy atom. The Morgan fingerprint density at radius 2 is 1.96 bits per heavy atom. The van der Waals surface area contributed by atoms with Gasteiger partial charge in [-0.15, -0.1) is 0 Å². The fourth-order valence-electron chi connectivity index (χ4n) is 3.78. The zero-order valence-corrected chi connectivity index (χ0v) is 16.7. The van der Waals surface area contributed by atoms with Gasteiger partial charge in [0.05, 0.1) is 6.04 Å². The number of nitrogens with one attached hydrogen (secondary N) is 2. The Kier molecular flexibility index (Phi) is 5.66. The van der Waals surface area contributed by atoms with E-state index < -0.39 is 0 Å². The Morgan fingerprint density at radius 3 is 2.63 bits per heavy atom. The van der Waals surface area contributed by atoms with E-state index in [2.05, 4.69) is 66.5 Å². The summed E-state index contributed by atoms with van der Waals surface area (Å²) in [4.78, 5) is 12.0. The van der Waals surface area contributed by atoms with E-state index in [0.717, 1.165) is 48.5 Å². The quantitative estimate of drug-likeness (QED) is 0.625. The van der Waals surface area contributed by atoms with Crippen LogP contribution in [-0.2, 0) is 10.2 Å². The van der Waals surface area contributed by atoms with E-state index >= 15 is 0 Å². The molecule has 1 aromatic carbocycles. The van der Waals surface area contributed by atoms with E-state index in [1.165, 1.54) is 5.56 Å². The maximum Gasteiger partial charge on any atom is 0.127 e. The highest BCUT2D eigenvalue weighted by molar-refractivity contribution is 9.10. The molecule has 27 heavy (non-hydrogen) atoms. The van der Waals surface area contributed by atoms with Crippen LogP contribution in [0.4, 0.5) is 0 Å². The van der Waals surface area contributed by atoms with E-state index in [9.17, 15) is 0 Å². The lowest BCUT2D eigenvalue weighted by Gasteiger charge is -2.39. The third-order valence-corrected chi connectivity index (χ3v) is 5.89. The Labute approximate surface area is 167 Å². The van der Waals surface area contributed by atoms with Gasteiger partial charge in [0.1, 0.15) is 5.82 Å². The van der Waals surface area contributed by atoms with Gasteiger partial charge in [-0.2, -0.15) is 0 Å². The summed E-state index contributed by atoms with van der Waals surface area (Å²) in [5, 5.41) is 3.76. The highest BCUT2D eigenvalue weighted by atomic mass is 79.9. The smallest absolute Gasteiger partial charge is 0.127 e. The average molecular weight is 427 g/mol. The van der Waals surface area contributed by atoms with Crippen molar-refractivity contribution in [3.8, 4) is 0 Å². The van der Waals surface area contributed by atoms with Gasteiger partial charge < -0.3 is 15.0 Å². The molecule has 3 heterocycles. The molecule has 1 unspecified atom stereocenters. The van der Waals surface area contributed by atoms with Crippen molar-refractivity contribution in [2.75, 3.05) is 19.8 Å². The maximum atomic E-state index is 5.67. The molecule has 1 aliphatic heterocycles. The van der Waals surface area contributed by atoms with Crippen LogP contribution >= 0.6 is 15.9 Å². The van der Waals surface area contributed by atoms with E-state index in [0.29, 0.717) is 0 Å². The van der Waals surface area contributed by atoms with Crippen LogP contribution in [0.5, 0.6) is 0 Å². The number of nitrogens with zero attached hydrogens (tertiary/aromatic N) is 2. The lowest BCUT2D eigenvalue weighted by molar-refractivity contribution is 0.0492. The number of aromatic nitrogens is 3. The molecular weight excluding hydrogens is 404 g/mol. The van der Waals surface area contributed by atoms with E-state index in [4.69, 9.17) is 4.74 Å². The highest BCUT2D eigenvalue weighted by Crippen LogP contribution is 2.36. The number of benzene rings is 1. The van der Waals surface area contributed by atoms with Crippen LogP contribution in [0.2, 0.25) is 0 Å². The molecule has 2 aromatic heterocycles. The highest BCUT2D eigenvalue weighted by Gasteiger charge is 2.35. The third-order valence-electron chi connectivity index (χ3n) is 5.36. The molecule has 6 heteroatoms. The minimum absolute atomic E-state index is 0.0242. The second-order valence-corrected chi connectivity index (χ2v) is 7.89. The topological polar surface area (TPSA) is 62.8 Å². The average Bonchev–Trinajstić information content (AvgIpc) is 3.25. The number of imidazole rings is 1. The van der Waals surface area contributed by atoms with Gasteiger partial charge in [0.15, 0.2) is 0 Å². The number of hydrogen-bond donors (Lipinski definition) is 2. The summed E-state index contributed by atoms with van der Waals surface area (Å²) in [5.41, 5.74) is 2.50. The van der Waals surface area contributed by atoms with Gasteiger partial charge in [-0.3, -0.25) is 4.98 Å². The van der Waals surface area contributed by atoms with E-state index in [-0.39, 0.29) is 11.5 Å². The molecule has 0 spiro atoms. The lowest BCUT2D eigenvalue weighted by Crippen LogP contribution is -2.44. The normalized spacial score (nSPS) is 17.5. The molecule has 3 aromatic rings. The van der Waals surface area contributed by atoms with Crippen LogP contribution < -0.4 is 5.32 Å². The zero-order valence-electron chi connectivity index (χ0n) is 15.1. The molecule has 1 atom stereocenters. The molecule has 0 aliphatic carbocycles. The van der Waals surface area contributed by atoms with Crippen molar-refractivity contribution in [1.82, 2.24) is 20.3 Å². The van der Waals surface area contributed by atoms with Gasteiger partial charge in [-0.1, -0.05) is 34.1 Å². The van der Waals surface area contributed by atoms with Gasteiger partial charge in [0.2, 0.25) is 0 Å². The molecule has 0 saturated carbocycles. The summed E-state index contributed by atoms with van der Waals surface area (Å²) in [5.74, 6) is 0.904. The molecular formula is C21H23BrN4O. The van der Waals surface area contributed by atoms with Gasteiger partial charge in [-0.05, 0) is 42.2 Å². The van der Waals surface area contributed by atoms with Gasteiger partial charge in [0.25, 0.3) is 0 Å². The molecule has 0 radical (unpaired) electrons. The number of halogens is 1. The Bertz CT molecular complexity index is 830. The van der Waals surface area contributed by atoms with Crippen molar-refractivity contribution in [2.45, 2.75) is 24.3 Å². The van der Waals surface area contributed by atoms with E-state index in [1.54, 1.807) is 12.4 Å². The molecule has 0 amide bonds. The van der Waals surface area contributed by atoms with Crippen molar-refractivity contribution in [1.29, 1.82) is 0 Å².